The Bertz CT molecular complexity index is 2030. The number of likely N-dealkylation sites (N-methyl/N-ethyl adjacent to an activating group) is 1. The van der Waals surface area contributed by atoms with Gasteiger partial charge < -0.3 is 39.8 Å². The van der Waals surface area contributed by atoms with Crippen molar-refractivity contribution in [2.24, 2.45) is 0 Å². The molecular formula is C37H41N5O7. The zero-order chi connectivity index (χ0) is 34.9. The van der Waals surface area contributed by atoms with Crippen molar-refractivity contribution in [2.45, 2.75) is 63.5 Å². The third kappa shape index (κ3) is 4.56. The van der Waals surface area contributed by atoms with Crippen molar-refractivity contribution in [1.82, 2.24) is 20.1 Å². The van der Waals surface area contributed by atoms with Gasteiger partial charge in [-0.1, -0.05) is 6.07 Å². The molecule has 5 N–H and O–H groups in total. The maximum absolute atomic E-state index is 13.8. The number of phenolic OH excluding ortho intramolecular Hbond substituents is 1. The standard InChI is InChI=1S/C37H41N5O7/c1-17-23(16-43)32(44)29-21(34(17)47-4)13-26-31-30-22(35(48-5)18(2)36(49-6)33(30)45)12-25(41(31)3)27(14-38)42(26)28(29)15-40-37(46)20-8-7-9-24-19(20)10-11-39-24/h7-11,25-28,31,39,43-45H,12-13,15-16H2,1-6H3,(H,40,46)/t25-,26-,27-,28-,31+/m0/s1. The minimum absolute atomic E-state index is 0.0262. The van der Waals surface area contributed by atoms with Gasteiger partial charge in [-0.25, -0.2) is 0 Å². The van der Waals surface area contributed by atoms with E-state index in [1.807, 2.05) is 32.2 Å². The Morgan fingerprint density at radius 3 is 2.33 bits per heavy atom. The monoisotopic (exact) mass is 667 g/mol. The summed E-state index contributed by atoms with van der Waals surface area (Å²) in [6.07, 6.45) is 2.55. The summed E-state index contributed by atoms with van der Waals surface area (Å²) in [4.78, 5) is 21.2. The lowest BCUT2D eigenvalue weighted by molar-refractivity contribution is -0.0724. The molecule has 2 bridgehead atoms. The fourth-order valence-electron chi connectivity index (χ4n) is 9.00. The number of aromatic nitrogens is 1. The van der Waals surface area contributed by atoms with Gasteiger partial charge in [0, 0.05) is 80.2 Å². The van der Waals surface area contributed by atoms with Gasteiger partial charge in [-0.2, -0.15) is 5.26 Å². The fourth-order valence-corrected chi connectivity index (χ4v) is 9.00. The van der Waals surface area contributed by atoms with E-state index in [0.717, 1.165) is 22.0 Å². The number of ether oxygens (including phenoxy) is 3. The van der Waals surface area contributed by atoms with Crippen molar-refractivity contribution < 1.29 is 34.3 Å². The normalized spacial score (nSPS) is 22.9. The molecule has 1 fully saturated rings. The maximum atomic E-state index is 13.8. The largest absolute Gasteiger partial charge is 0.507 e. The molecule has 3 aliphatic rings. The number of aromatic hydroxyl groups is 2. The Morgan fingerprint density at radius 1 is 0.980 bits per heavy atom. The zero-order valence-electron chi connectivity index (χ0n) is 28.4. The van der Waals surface area contributed by atoms with Gasteiger partial charge in [0.05, 0.1) is 46.1 Å². The number of piperazine rings is 1. The first-order chi connectivity index (χ1) is 23.6. The molecule has 0 saturated carbocycles. The summed E-state index contributed by atoms with van der Waals surface area (Å²) >= 11 is 0. The molecule has 0 radical (unpaired) electrons. The van der Waals surface area contributed by atoms with Gasteiger partial charge in [-0.05, 0) is 51.9 Å². The van der Waals surface area contributed by atoms with Crippen molar-refractivity contribution in [3.05, 3.63) is 75.0 Å². The minimum Gasteiger partial charge on any atom is -0.507 e. The summed E-state index contributed by atoms with van der Waals surface area (Å²) in [5.41, 5.74) is 5.69. The topological polar surface area (TPSA) is 164 Å². The second-order valence-corrected chi connectivity index (χ2v) is 13.1. The first-order valence-electron chi connectivity index (χ1n) is 16.3. The number of rotatable bonds is 7. The third-order valence-electron chi connectivity index (χ3n) is 11.1. The highest BCUT2D eigenvalue weighted by molar-refractivity contribution is 6.06. The molecule has 12 heteroatoms. The molecular weight excluding hydrogens is 626 g/mol. The number of nitrogens with zero attached hydrogens (tertiary/aromatic N) is 3. The highest BCUT2D eigenvalue weighted by Crippen LogP contribution is 2.58. The van der Waals surface area contributed by atoms with Gasteiger partial charge in [0.15, 0.2) is 11.5 Å². The molecule has 5 atom stereocenters. The van der Waals surface area contributed by atoms with Crippen LogP contribution in [0.25, 0.3) is 10.9 Å². The van der Waals surface area contributed by atoms with E-state index in [1.165, 1.54) is 7.11 Å². The number of amides is 1. The summed E-state index contributed by atoms with van der Waals surface area (Å²) in [6, 6.07) is 7.37. The number of nitriles is 1. The second-order valence-electron chi connectivity index (χ2n) is 13.1. The summed E-state index contributed by atoms with van der Waals surface area (Å²) in [5, 5.41) is 48.9. The van der Waals surface area contributed by atoms with Crippen molar-refractivity contribution in [3.8, 4) is 34.8 Å². The van der Waals surface area contributed by atoms with Crippen LogP contribution < -0.4 is 19.5 Å². The smallest absolute Gasteiger partial charge is 0.252 e. The van der Waals surface area contributed by atoms with Gasteiger partial charge in [0.1, 0.15) is 23.3 Å². The van der Waals surface area contributed by atoms with Gasteiger partial charge in [-0.15, -0.1) is 0 Å². The fraction of sp³-hybridized carbons (Fsp3) is 0.405. The number of H-pyrrole nitrogens is 1. The van der Waals surface area contributed by atoms with Gasteiger partial charge in [-0.3, -0.25) is 14.6 Å². The summed E-state index contributed by atoms with van der Waals surface area (Å²) < 4.78 is 17.6. The number of hydrogen-bond acceptors (Lipinski definition) is 10. The van der Waals surface area contributed by atoms with Crippen molar-refractivity contribution in [3.63, 3.8) is 0 Å². The van der Waals surface area contributed by atoms with Crippen LogP contribution in [0.3, 0.4) is 0 Å². The van der Waals surface area contributed by atoms with E-state index in [4.69, 9.17) is 14.2 Å². The van der Waals surface area contributed by atoms with Gasteiger partial charge >= 0.3 is 0 Å². The van der Waals surface area contributed by atoms with Crippen LogP contribution in [0.4, 0.5) is 0 Å². The quantitative estimate of drug-likeness (QED) is 0.195. The van der Waals surface area contributed by atoms with E-state index < -0.39 is 30.8 Å². The van der Waals surface area contributed by atoms with Crippen molar-refractivity contribution in [1.29, 1.82) is 5.26 Å². The molecule has 1 aromatic heterocycles. The zero-order valence-corrected chi connectivity index (χ0v) is 28.4. The Kier molecular flexibility index (Phi) is 8.10. The highest BCUT2D eigenvalue weighted by Gasteiger charge is 2.57. The molecule has 12 nitrogen and oxygen atoms in total. The minimum atomic E-state index is -0.691. The highest BCUT2D eigenvalue weighted by atomic mass is 16.5. The van der Waals surface area contributed by atoms with Gasteiger partial charge in [0.2, 0.25) is 0 Å². The van der Waals surface area contributed by atoms with Gasteiger partial charge in [0.25, 0.3) is 5.91 Å². The average Bonchev–Trinajstić information content (AvgIpc) is 3.58. The number of carbonyl (C=O) groups excluding carboxylic acids is 1. The third-order valence-corrected chi connectivity index (χ3v) is 11.1. The van der Waals surface area contributed by atoms with Crippen molar-refractivity contribution in [2.75, 3.05) is 34.9 Å². The molecule has 49 heavy (non-hydrogen) atoms. The van der Waals surface area contributed by atoms with E-state index >= 15 is 0 Å². The predicted octanol–water partition coefficient (Wildman–Crippen LogP) is 3.92. The van der Waals surface area contributed by atoms with Crippen LogP contribution in [0.1, 0.15) is 61.4 Å². The number of phenols is 2. The molecule has 0 spiro atoms. The molecule has 4 heterocycles. The van der Waals surface area contributed by atoms with Crippen molar-refractivity contribution >= 4 is 16.8 Å². The van der Waals surface area contributed by atoms with Crippen LogP contribution in [0, 0.1) is 25.2 Å². The number of aromatic amines is 1. The molecule has 3 aliphatic heterocycles. The predicted molar refractivity (Wildman–Crippen MR) is 181 cm³/mol. The summed E-state index contributed by atoms with van der Waals surface area (Å²) in [7, 11) is 6.64. The van der Waals surface area contributed by atoms with E-state index in [2.05, 4.69) is 26.2 Å². The van der Waals surface area contributed by atoms with E-state index in [-0.39, 0.29) is 30.0 Å². The van der Waals surface area contributed by atoms with Crippen LogP contribution in [-0.2, 0) is 19.4 Å². The maximum Gasteiger partial charge on any atom is 0.252 e. The molecule has 0 unspecified atom stereocenters. The lowest BCUT2D eigenvalue weighted by Gasteiger charge is -2.60. The van der Waals surface area contributed by atoms with E-state index in [0.29, 0.717) is 63.5 Å². The lowest BCUT2D eigenvalue weighted by atomic mass is 9.71. The summed E-state index contributed by atoms with van der Waals surface area (Å²) in [6.45, 7) is 3.27. The number of methoxy groups -OCH3 is 3. The molecule has 1 saturated heterocycles. The molecule has 4 aromatic rings. The average molecular weight is 668 g/mol. The number of aliphatic hydroxyl groups is 1. The molecule has 7 rings (SSSR count). The molecule has 256 valence electrons. The van der Waals surface area contributed by atoms with E-state index in [1.54, 1.807) is 33.4 Å². The van der Waals surface area contributed by atoms with Crippen LogP contribution in [0.2, 0.25) is 0 Å². The van der Waals surface area contributed by atoms with Crippen LogP contribution in [0.15, 0.2) is 30.5 Å². The van der Waals surface area contributed by atoms with Crippen LogP contribution in [0.5, 0.6) is 28.7 Å². The SMILES string of the molecule is COc1c(C)c(OC)c2c(c1O)[C@H]1[C@@H]3Cc4c(OC)c(C)c(CO)c(O)c4[C@H](CNC(=O)c4cccc5[nH]ccc45)N3[C@@H](C#N)[C@H](C2)N1C. The first-order valence-corrected chi connectivity index (χ1v) is 16.3. The summed E-state index contributed by atoms with van der Waals surface area (Å²) in [5.74, 6) is 1.13. The molecule has 0 aliphatic carbocycles. The number of aliphatic hydroxyl groups excluding tert-OH is 1. The van der Waals surface area contributed by atoms with Crippen LogP contribution in [-0.4, -0.2) is 89.1 Å². The Hall–Kier alpha value is -4.96. The Labute approximate surface area is 284 Å². The molecule has 3 aromatic carbocycles. The molecule has 1 amide bonds. The second kappa shape index (κ2) is 12.2. The first kappa shape index (κ1) is 32.6. The number of fused-ring (bicyclic) bond motifs is 8. The number of hydrogen-bond donors (Lipinski definition) is 5. The number of nitrogens with one attached hydrogen (secondary N) is 2. The lowest BCUT2D eigenvalue weighted by Crippen LogP contribution is -2.68. The van der Waals surface area contributed by atoms with E-state index in [9.17, 15) is 25.4 Å². The Morgan fingerprint density at radius 2 is 1.65 bits per heavy atom. The Balaban J connectivity index is 1.43. The number of benzene rings is 3. The number of carbonyl (C=O) groups is 1. The van der Waals surface area contributed by atoms with Crippen LogP contribution >= 0.6 is 0 Å².